The van der Waals surface area contributed by atoms with Gasteiger partial charge in [-0.2, -0.15) is 0 Å². The van der Waals surface area contributed by atoms with E-state index in [0.717, 1.165) is 44.6 Å². The van der Waals surface area contributed by atoms with Gasteiger partial charge in [0, 0.05) is 62.3 Å². The molecule has 5 heteroatoms. The van der Waals surface area contributed by atoms with Crippen LogP contribution in [0.25, 0.3) is 10.9 Å². The molecule has 1 aromatic carbocycles. The SMILES string of the molecule is COCCn1ccnc1C1CCN(c2ccnc3c(C)cc(C)cc23)CC1. The van der Waals surface area contributed by atoms with E-state index in [1.165, 1.54) is 28.0 Å². The minimum absolute atomic E-state index is 0.518. The van der Waals surface area contributed by atoms with Gasteiger partial charge in [0.05, 0.1) is 12.1 Å². The number of benzene rings is 1. The lowest BCUT2D eigenvalue weighted by Gasteiger charge is -2.34. The minimum Gasteiger partial charge on any atom is -0.383 e. The van der Waals surface area contributed by atoms with Gasteiger partial charge in [-0.1, -0.05) is 11.6 Å². The van der Waals surface area contributed by atoms with Crippen LogP contribution < -0.4 is 4.90 Å². The Labute approximate surface area is 161 Å². The maximum atomic E-state index is 5.23. The highest BCUT2D eigenvalue weighted by Crippen LogP contribution is 2.34. The maximum absolute atomic E-state index is 5.23. The van der Waals surface area contributed by atoms with Gasteiger partial charge < -0.3 is 14.2 Å². The van der Waals surface area contributed by atoms with Crippen molar-refractivity contribution in [2.75, 3.05) is 31.7 Å². The summed E-state index contributed by atoms with van der Waals surface area (Å²) in [4.78, 5) is 11.8. The van der Waals surface area contributed by atoms with Gasteiger partial charge in [0.15, 0.2) is 0 Å². The number of rotatable bonds is 5. The van der Waals surface area contributed by atoms with Gasteiger partial charge >= 0.3 is 0 Å². The molecule has 0 atom stereocenters. The number of ether oxygens (including phenoxy) is 1. The fraction of sp³-hybridized carbons (Fsp3) is 0.455. The molecule has 0 spiro atoms. The molecule has 142 valence electrons. The summed E-state index contributed by atoms with van der Waals surface area (Å²) in [5.41, 5.74) is 4.98. The zero-order valence-corrected chi connectivity index (χ0v) is 16.5. The highest BCUT2D eigenvalue weighted by Gasteiger charge is 2.25. The van der Waals surface area contributed by atoms with Gasteiger partial charge in [-0.3, -0.25) is 4.98 Å². The van der Waals surface area contributed by atoms with Crippen LogP contribution in [-0.4, -0.2) is 41.3 Å². The highest BCUT2D eigenvalue weighted by molar-refractivity contribution is 5.94. The van der Waals surface area contributed by atoms with Crippen molar-refractivity contribution >= 4 is 16.6 Å². The van der Waals surface area contributed by atoms with Crippen molar-refractivity contribution in [3.63, 3.8) is 0 Å². The molecular weight excluding hydrogens is 336 g/mol. The number of anilines is 1. The molecule has 4 rings (SSSR count). The van der Waals surface area contributed by atoms with E-state index in [1.54, 1.807) is 7.11 Å². The topological polar surface area (TPSA) is 43.2 Å². The van der Waals surface area contributed by atoms with Crippen molar-refractivity contribution < 1.29 is 4.74 Å². The number of nitrogens with zero attached hydrogens (tertiary/aromatic N) is 4. The van der Waals surface area contributed by atoms with Gasteiger partial charge in [0.25, 0.3) is 0 Å². The largest absolute Gasteiger partial charge is 0.383 e. The lowest BCUT2D eigenvalue weighted by molar-refractivity contribution is 0.185. The van der Waals surface area contributed by atoms with E-state index in [-0.39, 0.29) is 0 Å². The summed E-state index contributed by atoms with van der Waals surface area (Å²) in [6.07, 6.45) is 8.18. The Balaban J connectivity index is 1.54. The van der Waals surface area contributed by atoms with Crippen LogP contribution in [0.4, 0.5) is 5.69 Å². The lowest BCUT2D eigenvalue weighted by Crippen LogP contribution is -2.34. The fourth-order valence-corrected chi connectivity index (χ4v) is 4.31. The lowest BCUT2D eigenvalue weighted by atomic mass is 9.95. The third kappa shape index (κ3) is 3.56. The van der Waals surface area contributed by atoms with E-state index in [9.17, 15) is 0 Å². The number of aromatic nitrogens is 3. The second-order valence-electron chi connectivity index (χ2n) is 7.54. The van der Waals surface area contributed by atoms with Crippen molar-refractivity contribution in [3.05, 3.63) is 53.7 Å². The van der Waals surface area contributed by atoms with Gasteiger partial charge in [0.1, 0.15) is 5.82 Å². The van der Waals surface area contributed by atoms with E-state index in [2.05, 4.69) is 57.7 Å². The van der Waals surface area contributed by atoms with Gasteiger partial charge in [-0.05, 0) is 44.4 Å². The summed E-state index contributed by atoms with van der Waals surface area (Å²) in [6.45, 7) is 8.01. The molecule has 0 N–H and O–H groups in total. The molecule has 0 aliphatic carbocycles. The molecule has 0 bridgehead atoms. The number of piperidine rings is 1. The van der Waals surface area contributed by atoms with Crippen LogP contribution in [-0.2, 0) is 11.3 Å². The first-order valence-electron chi connectivity index (χ1n) is 9.78. The van der Waals surface area contributed by atoms with Gasteiger partial charge in [0.2, 0.25) is 0 Å². The zero-order chi connectivity index (χ0) is 18.8. The predicted octanol–water partition coefficient (Wildman–Crippen LogP) is 4.08. The monoisotopic (exact) mass is 364 g/mol. The molecule has 0 unspecified atom stereocenters. The molecule has 0 amide bonds. The first-order valence-corrected chi connectivity index (χ1v) is 9.78. The van der Waals surface area contributed by atoms with Crippen molar-refractivity contribution in [1.29, 1.82) is 0 Å². The summed E-state index contributed by atoms with van der Waals surface area (Å²) < 4.78 is 7.48. The normalized spacial score (nSPS) is 15.6. The molecule has 27 heavy (non-hydrogen) atoms. The number of hydrogen-bond donors (Lipinski definition) is 0. The van der Waals surface area contributed by atoms with E-state index in [1.807, 2.05) is 12.4 Å². The quantitative estimate of drug-likeness (QED) is 0.684. The molecular formula is C22H28N4O. The van der Waals surface area contributed by atoms with Crippen LogP contribution in [0.1, 0.15) is 35.7 Å². The minimum atomic E-state index is 0.518. The second-order valence-corrected chi connectivity index (χ2v) is 7.54. The molecule has 1 saturated heterocycles. The van der Waals surface area contributed by atoms with Crippen LogP contribution in [0, 0.1) is 13.8 Å². The number of fused-ring (bicyclic) bond motifs is 1. The van der Waals surface area contributed by atoms with Gasteiger partial charge in [-0.15, -0.1) is 0 Å². The Morgan fingerprint density at radius 1 is 1.11 bits per heavy atom. The summed E-state index contributed by atoms with van der Waals surface area (Å²) >= 11 is 0. The van der Waals surface area contributed by atoms with E-state index >= 15 is 0 Å². The maximum Gasteiger partial charge on any atom is 0.111 e. The zero-order valence-electron chi connectivity index (χ0n) is 16.5. The van der Waals surface area contributed by atoms with Crippen molar-refractivity contribution in [1.82, 2.24) is 14.5 Å². The molecule has 0 radical (unpaired) electrons. The standard InChI is InChI=1S/C22H28N4O/c1-16-14-17(2)21-19(15-16)20(4-7-23-21)25-9-5-18(6-10-25)22-24-8-11-26(22)12-13-27-3/h4,7-8,11,14-15,18H,5-6,9-10,12-13H2,1-3H3. The van der Waals surface area contributed by atoms with E-state index < -0.39 is 0 Å². The summed E-state index contributed by atoms with van der Waals surface area (Å²) in [5.74, 6) is 1.72. The predicted molar refractivity (Wildman–Crippen MR) is 110 cm³/mol. The first kappa shape index (κ1) is 18.0. The summed E-state index contributed by atoms with van der Waals surface area (Å²) in [5, 5.41) is 1.27. The average Bonchev–Trinajstić information content (AvgIpc) is 3.14. The van der Waals surface area contributed by atoms with E-state index in [0.29, 0.717) is 5.92 Å². The van der Waals surface area contributed by atoms with Crippen molar-refractivity contribution in [3.8, 4) is 0 Å². The summed E-state index contributed by atoms with van der Waals surface area (Å²) in [6, 6.07) is 6.65. The van der Waals surface area contributed by atoms with Crippen LogP contribution in [0.5, 0.6) is 0 Å². The summed E-state index contributed by atoms with van der Waals surface area (Å²) in [7, 11) is 1.75. The Kier molecular flexibility index (Phi) is 5.12. The van der Waals surface area contributed by atoms with Crippen LogP contribution in [0.15, 0.2) is 36.8 Å². The molecule has 3 aromatic rings. The number of hydrogen-bond acceptors (Lipinski definition) is 4. The average molecular weight is 364 g/mol. The van der Waals surface area contributed by atoms with Crippen LogP contribution in [0.2, 0.25) is 0 Å². The Morgan fingerprint density at radius 2 is 1.93 bits per heavy atom. The molecule has 3 heterocycles. The Hall–Kier alpha value is -2.40. The second kappa shape index (κ2) is 7.69. The van der Waals surface area contributed by atoms with Crippen LogP contribution in [0.3, 0.4) is 0 Å². The molecule has 1 aliphatic heterocycles. The molecule has 0 saturated carbocycles. The third-order valence-electron chi connectivity index (χ3n) is 5.64. The Morgan fingerprint density at radius 3 is 2.70 bits per heavy atom. The molecule has 5 nitrogen and oxygen atoms in total. The first-order chi connectivity index (χ1) is 13.2. The molecule has 1 aliphatic rings. The number of methoxy groups -OCH3 is 1. The number of aryl methyl sites for hydroxylation is 2. The Bertz CT molecular complexity index is 925. The molecule has 2 aromatic heterocycles. The van der Waals surface area contributed by atoms with Crippen molar-refractivity contribution in [2.45, 2.75) is 39.2 Å². The number of imidazole rings is 1. The van der Waals surface area contributed by atoms with Crippen LogP contribution >= 0.6 is 0 Å². The van der Waals surface area contributed by atoms with E-state index in [4.69, 9.17) is 4.74 Å². The smallest absolute Gasteiger partial charge is 0.111 e. The molecule has 1 fully saturated rings. The number of pyridine rings is 1. The van der Waals surface area contributed by atoms with Crippen molar-refractivity contribution in [2.24, 2.45) is 0 Å². The van der Waals surface area contributed by atoms with Gasteiger partial charge in [-0.25, -0.2) is 4.98 Å². The fourth-order valence-electron chi connectivity index (χ4n) is 4.31. The third-order valence-corrected chi connectivity index (χ3v) is 5.64. The highest BCUT2D eigenvalue weighted by atomic mass is 16.5.